The average molecular weight is 421 g/mol. The normalized spacial score (nSPS) is 12.0. The lowest BCUT2D eigenvalue weighted by atomic mass is 10.2. The number of benzene rings is 2. The van der Waals surface area contributed by atoms with Crippen molar-refractivity contribution in [1.82, 2.24) is 20.1 Å². The molecule has 1 atom stereocenters. The molecule has 1 N–H and O–H groups in total. The number of halogens is 2. The summed E-state index contributed by atoms with van der Waals surface area (Å²) in [4.78, 5) is 12.3. The zero-order chi connectivity index (χ0) is 19.4. The third-order valence-corrected chi connectivity index (χ3v) is 5.67. The van der Waals surface area contributed by atoms with Crippen molar-refractivity contribution in [2.24, 2.45) is 7.05 Å². The Morgan fingerprint density at radius 2 is 1.93 bits per heavy atom. The van der Waals surface area contributed by atoms with E-state index in [1.807, 2.05) is 48.9 Å². The largest absolute Gasteiger partial charge is 0.342 e. The number of thioether (sulfide) groups is 1. The van der Waals surface area contributed by atoms with Gasteiger partial charge in [-0.3, -0.25) is 4.79 Å². The topological polar surface area (TPSA) is 59.8 Å². The van der Waals surface area contributed by atoms with Crippen LogP contribution < -0.4 is 5.32 Å². The Kier molecular flexibility index (Phi) is 6.42. The molecule has 3 rings (SSSR count). The van der Waals surface area contributed by atoms with Crippen LogP contribution in [0.25, 0.3) is 0 Å². The second-order valence-electron chi connectivity index (χ2n) is 5.99. The van der Waals surface area contributed by atoms with E-state index in [9.17, 15) is 4.79 Å². The number of amides is 1. The van der Waals surface area contributed by atoms with E-state index in [0.29, 0.717) is 27.2 Å². The maximum atomic E-state index is 12.3. The molecule has 5 nitrogen and oxygen atoms in total. The highest BCUT2D eigenvalue weighted by atomic mass is 35.5. The Hall–Kier alpha value is -2.02. The van der Waals surface area contributed by atoms with E-state index in [-0.39, 0.29) is 11.9 Å². The summed E-state index contributed by atoms with van der Waals surface area (Å²) in [5, 5.41) is 13.4. The maximum Gasteiger partial charge on any atom is 0.251 e. The van der Waals surface area contributed by atoms with Crippen molar-refractivity contribution < 1.29 is 4.79 Å². The van der Waals surface area contributed by atoms with E-state index in [4.69, 9.17) is 23.2 Å². The summed E-state index contributed by atoms with van der Waals surface area (Å²) in [7, 11) is 1.88. The number of nitrogens with one attached hydrogen (secondary N) is 1. The predicted octanol–water partition coefficient (Wildman–Crippen LogP) is 4.91. The molecule has 0 spiro atoms. The highest BCUT2D eigenvalue weighted by molar-refractivity contribution is 7.98. The van der Waals surface area contributed by atoms with Gasteiger partial charge in [0.15, 0.2) is 11.0 Å². The van der Waals surface area contributed by atoms with Gasteiger partial charge in [-0.25, -0.2) is 0 Å². The van der Waals surface area contributed by atoms with Gasteiger partial charge >= 0.3 is 0 Å². The van der Waals surface area contributed by atoms with Crippen molar-refractivity contribution in [1.29, 1.82) is 0 Å². The van der Waals surface area contributed by atoms with Crippen molar-refractivity contribution in [2.75, 3.05) is 0 Å². The minimum atomic E-state index is -0.274. The van der Waals surface area contributed by atoms with Gasteiger partial charge in [-0.1, -0.05) is 59.2 Å². The van der Waals surface area contributed by atoms with Gasteiger partial charge in [-0.05, 0) is 36.8 Å². The van der Waals surface area contributed by atoms with Gasteiger partial charge in [0.05, 0.1) is 6.04 Å². The Labute approximate surface area is 172 Å². The van der Waals surface area contributed by atoms with Gasteiger partial charge in [0.2, 0.25) is 0 Å². The van der Waals surface area contributed by atoms with E-state index >= 15 is 0 Å². The molecule has 140 valence electrons. The minimum Gasteiger partial charge on any atom is -0.342 e. The molecule has 2 aromatic carbocycles. The number of aromatic nitrogens is 3. The van der Waals surface area contributed by atoms with Gasteiger partial charge in [0.1, 0.15) is 0 Å². The smallest absolute Gasteiger partial charge is 0.251 e. The molecule has 0 unspecified atom stereocenters. The van der Waals surface area contributed by atoms with Crippen molar-refractivity contribution in [2.45, 2.75) is 23.9 Å². The van der Waals surface area contributed by atoms with Crippen LogP contribution in [0.2, 0.25) is 10.0 Å². The zero-order valence-electron chi connectivity index (χ0n) is 14.8. The number of carbonyl (C=O) groups is 1. The third kappa shape index (κ3) is 4.83. The lowest BCUT2D eigenvalue weighted by Gasteiger charge is -2.13. The van der Waals surface area contributed by atoms with Crippen molar-refractivity contribution in [3.8, 4) is 0 Å². The van der Waals surface area contributed by atoms with Crippen LogP contribution in [-0.4, -0.2) is 20.7 Å². The van der Waals surface area contributed by atoms with Crippen LogP contribution in [0.4, 0.5) is 0 Å². The van der Waals surface area contributed by atoms with E-state index < -0.39 is 0 Å². The SMILES string of the molecule is C[C@@H](NC(=O)c1ccccc1)c1nnc(SCc2ccc(Cl)cc2Cl)n1C. The molecule has 0 aliphatic carbocycles. The fourth-order valence-electron chi connectivity index (χ4n) is 2.54. The van der Waals surface area contributed by atoms with Crippen molar-refractivity contribution in [3.05, 3.63) is 75.5 Å². The minimum absolute atomic E-state index is 0.145. The summed E-state index contributed by atoms with van der Waals surface area (Å²) in [6.45, 7) is 1.88. The van der Waals surface area contributed by atoms with E-state index in [0.717, 1.165) is 10.7 Å². The summed E-state index contributed by atoms with van der Waals surface area (Å²) in [6, 6.07) is 14.2. The summed E-state index contributed by atoms with van der Waals surface area (Å²) >= 11 is 13.7. The van der Waals surface area contributed by atoms with Gasteiger partial charge < -0.3 is 9.88 Å². The van der Waals surface area contributed by atoms with Crippen LogP contribution in [0.3, 0.4) is 0 Å². The van der Waals surface area contributed by atoms with E-state index in [1.165, 1.54) is 11.8 Å². The first-order valence-corrected chi connectivity index (χ1v) is 10.0. The molecule has 0 fully saturated rings. The summed E-state index contributed by atoms with van der Waals surface area (Å²) < 4.78 is 1.88. The first kappa shape index (κ1) is 19.7. The number of carbonyl (C=O) groups excluding carboxylic acids is 1. The van der Waals surface area contributed by atoms with Gasteiger partial charge in [-0.2, -0.15) is 0 Å². The van der Waals surface area contributed by atoms with Gasteiger partial charge in [-0.15, -0.1) is 10.2 Å². The van der Waals surface area contributed by atoms with Gasteiger partial charge in [0.25, 0.3) is 5.91 Å². The Balaban J connectivity index is 1.66. The standard InChI is InChI=1S/C19H18Cl2N4OS/c1-12(22-18(26)13-6-4-3-5-7-13)17-23-24-19(25(17)2)27-11-14-8-9-15(20)10-16(14)21/h3-10,12H,11H2,1-2H3,(H,22,26)/t12-/m1/s1. The number of rotatable bonds is 6. The molecular weight excluding hydrogens is 403 g/mol. The fraction of sp³-hybridized carbons (Fsp3) is 0.211. The van der Waals surface area contributed by atoms with Crippen molar-refractivity contribution in [3.63, 3.8) is 0 Å². The highest BCUT2D eigenvalue weighted by Crippen LogP contribution is 2.28. The summed E-state index contributed by atoms with van der Waals surface area (Å²) in [6.07, 6.45) is 0. The number of hydrogen-bond acceptors (Lipinski definition) is 4. The molecule has 1 aromatic heterocycles. The third-order valence-electron chi connectivity index (χ3n) is 4.01. The van der Waals surface area contributed by atoms with Crippen LogP contribution in [0.1, 0.15) is 34.7 Å². The summed E-state index contributed by atoms with van der Waals surface area (Å²) in [5.41, 5.74) is 1.58. The Morgan fingerprint density at radius 1 is 1.19 bits per heavy atom. The first-order chi connectivity index (χ1) is 13.0. The average Bonchev–Trinajstić information content (AvgIpc) is 3.02. The second-order valence-corrected chi connectivity index (χ2v) is 7.77. The first-order valence-electron chi connectivity index (χ1n) is 8.27. The van der Waals surface area contributed by atoms with E-state index in [1.54, 1.807) is 18.2 Å². The van der Waals surface area contributed by atoms with Crippen LogP contribution >= 0.6 is 35.0 Å². The Bertz CT molecular complexity index is 946. The maximum absolute atomic E-state index is 12.3. The molecule has 0 saturated carbocycles. The molecule has 0 radical (unpaired) electrons. The molecule has 3 aromatic rings. The van der Waals surface area contributed by atoms with Crippen molar-refractivity contribution >= 4 is 40.9 Å². The lowest BCUT2D eigenvalue weighted by molar-refractivity contribution is 0.0937. The molecule has 0 aliphatic rings. The molecular formula is C19H18Cl2N4OS. The van der Waals surface area contributed by atoms with Crippen LogP contribution in [-0.2, 0) is 12.8 Å². The number of hydrogen-bond donors (Lipinski definition) is 1. The van der Waals surface area contributed by atoms with Gasteiger partial charge in [0, 0.05) is 28.4 Å². The molecule has 0 saturated heterocycles. The van der Waals surface area contributed by atoms with Crippen LogP contribution in [0.5, 0.6) is 0 Å². The number of nitrogens with zero attached hydrogens (tertiary/aromatic N) is 3. The van der Waals surface area contributed by atoms with Crippen LogP contribution in [0, 0.1) is 0 Å². The zero-order valence-corrected chi connectivity index (χ0v) is 17.1. The monoisotopic (exact) mass is 420 g/mol. The molecule has 0 aliphatic heterocycles. The lowest BCUT2D eigenvalue weighted by Crippen LogP contribution is -2.28. The molecule has 8 heteroatoms. The summed E-state index contributed by atoms with van der Waals surface area (Å²) in [5.74, 6) is 1.18. The molecule has 0 bridgehead atoms. The second kappa shape index (κ2) is 8.78. The molecule has 27 heavy (non-hydrogen) atoms. The molecule has 1 heterocycles. The Morgan fingerprint density at radius 3 is 2.63 bits per heavy atom. The highest BCUT2D eigenvalue weighted by Gasteiger charge is 2.18. The van der Waals surface area contributed by atoms with E-state index in [2.05, 4.69) is 15.5 Å². The van der Waals surface area contributed by atoms with Crippen LogP contribution in [0.15, 0.2) is 53.7 Å². The predicted molar refractivity (Wildman–Crippen MR) is 109 cm³/mol. The fourth-order valence-corrected chi connectivity index (χ4v) is 4.02. The molecule has 1 amide bonds. The quantitative estimate of drug-likeness (QED) is 0.575.